The summed E-state index contributed by atoms with van der Waals surface area (Å²) in [5.41, 5.74) is 0.571. The molecule has 1 fully saturated rings. The molecule has 0 spiro atoms. The maximum atomic E-state index is 3.46. The van der Waals surface area contributed by atoms with Crippen molar-refractivity contribution < 1.29 is 0 Å². The molecule has 2 nitrogen and oxygen atoms in total. The van der Waals surface area contributed by atoms with Crippen LogP contribution in [0.15, 0.2) is 0 Å². The Morgan fingerprint density at radius 2 is 1.75 bits per heavy atom. The molecule has 1 heterocycles. The molecule has 0 aromatic rings. The maximum Gasteiger partial charge on any atom is 0.0105 e. The van der Waals surface area contributed by atoms with E-state index >= 15 is 0 Å². The minimum Gasteiger partial charge on any atom is -0.317 e. The molecule has 0 aromatic heterocycles. The minimum absolute atomic E-state index is 0.571. The van der Waals surface area contributed by atoms with E-state index in [1.54, 1.807) is 0 Å². The lowest BCUT2D eigenvalue weighted by molar-refractivity contribution is 0.0779. The van der Waals surface area contributed by atoms with Crippen molar-refractivity contribution in [3.05, 3.63) is 0 Å². The van der Waals surface area contributed by atoms with Gasteiger partial charge in [-0.3, -0.25) is 0 Å². The highest BCUT2D eigenvalue weighted by Gasteiger charge is 2.29. The van der Waals surface area contributed by atoms with Crippen LogP contribution in [0.4, 0.5) is 0 Å². The van der Waals surface area contributed by atoms with E-state index < -0.39 is 0 Å². The van der Waals surface area contributed by atoms with Gasteiger partial charge in [-0.2, -0.15) is 0 Å². The molecule has 2 atom stereocenters. The first kappa shape index (κ1) is 14.0. The molecule has 0 aromatic carbocycles. The zero-order valence-electron chi connectivity index (χ0n) is 11.8. The molecule has 0 amide bonds. The van der Waals surface area contributed by atoms with Gasteiger partial charge >= 0.3 is 0 Å². The number of piperidine rings is 1. The predicted molar refractivity (Wildman–Crippen MR) is 71.8 cm³/mol. The first-order chi connectivity index (χ1) is 7.46. The van der Waals surface area contributed by atoms with Crippen LogP contribution in [0.2, 0.25) is 0 Å². The van der Waals surface area contributed by atoms with E-state index in [0.29, 0.717) is 5.41 Å². The number of likely N-dealkylation sites (tertiary alicyclic amines) is 1. The van der Waals surface area contributed by atoms with Crippen LogP contribution >= 0.6 is 0 Å². The van der Waals surface area contributed by atoms with E-state index in [9.17, 15) is 0 Å². The number of nitrogens with zero attached hydrogens (tertiary/aromatic N) is 1. The lowest BCUT2D eigenvalue weighted by atomic mass is 9.82. The van der Waals surface area contributed by atoms with Gasteiger partial charge in [-0.25, -0.2) is 0 Å². The van der Waals surface area contributed by atoms with Gasteiger partial charge in [0, 0.05) is 6.04 Å². The van der Waals surface area contributed by atoms with Crippen LogP contribution in [-0.4, -0.2) is 37.1 Å². The third-order valence-electron chi connectivity index (χ3n) is 4.27. The molecule has 2 unspecified atom stereocenters. The molecule has 1 aliphatic rings. The fourth-order valence-electron chi connectivity index (χ4n) is 2.44. The fraction of sp³-hybridized carbons (Fsp3) is 1.00. The monoisotopic (exact) mass is 226 g/mol. The Labute approximate surface area is 102 Å². The second-order valence-corrected chi connectivity index (χ2v) is 6.23. The molecule has 96 valence electrons. The summed E-state index contributed by atoms with van der Waals surface area (Å²) in [5.74, 6) is 0.751. The maximum absolute atomic E-state index is 3.46. The standard InChI is InChI=1S/C14H30N2/c1-6-15-11-12(2)13(3)16-9-7-14(4,5)8-10-16/h12-13,15H,6-11H2,1-5H3. The van der Waals surface area contributed by atoms with E-state index in [1.165, 1.54) is 25.9 Å². The third kappa shape index (κ3) is 4.06. The van der Waals surface area contributed by atoms with Crippen molar-refractivity contribution in [2.24, 2.45) is 11.3 Å². The van der Waals surface area contributed by atoms with Gasteiger partial charge in [-0.1, -0.05) is 27.7 Å². The van der Waals surface area contributed by atoms with E-state index in [-0.39, 0.29) is 0 Å². The minimum atomic E-state index is 0.571. The van der Waals surface area contributed by atoms with Crippen LogP contribution in [0.5, 0.6) is 0 Å². The molecular formula is C14H30N2. The van der Waals surface area contributed by atoms with Crippen molar-refractivity contribution in [3.8, 4) is 0 Å². The van der Waals surface area contributed by atoms with Crippen LogP contribution in [0.3, 0.4) is 0 Å². The SMILES string of the molecule is CCNCC(C)C(C)N1CCC(C)(C)CC1. The first-order valence-corrected chi connectivity index (χ1v) is 6.91. The molecule has 1 rings (SSSR count). The van der Waals surface area contributed by atoms with E-state index in [2.05, 4.69) is 44.8 Å². The molecule has 16 heavy (non-hydrogen) atoms. The summed E-state index contributed by atoms with van der Waals surface area (Å²) in [7, 11) is 0. The van der Waals surface area contributed by atoms with Crippen molar-refractivity contribution in [2.75, 3.05) is 26.2 Å². The Morgan fingerprint density at radius 1 is 1.19 bits per heavy atom. The van der Waals surface area contributed by atoms with Crippen LogP contribution in [-0.2, 0) is 0 Å². The number of rotatable bonds is 5. The lowest BCUT2D eigenvalue weighted by Crippen LogP contribution is -2.46. The average molecular weight is 226 g/mol. The predicted octanol–water partition coefficient (Wildman–Crippen LogP) is 2.74. The zero-order valence-corrected chi connectivity index (χ0v) is 11.8. The van der Waals surface area contributed by atoms with Gasteiger partial charge in [0.1, 0.15) is 0 Å². The highest BCUT2D eigenvalue weighted by Crippen LogP contribution is 2.31. The van der Waals surface area contributed by atoms with Gasteiger partial charge in [0.05, 0.1) is 0 Å². The van der Waals surface area contributed by atoms with Gasteiger partial charge in [0.2, 0.25) is 0 Å². The Hall–Kier alpha value is -0.0800. The topological polar surface area (TPSA) is 15.3 Å². The quantitative estimate of drug-likeness (QED) is 0.775. The molecule has 1 N–H and O–H groups in total. The van der Waals surface area contributed by atoms with E-state index in [0.717, 1.165) is 25.0 Å². The third-order valence-corrected chi connectivity index (χ3v) is 4.27. The van der Waals surface area contributed by atoms with E-state index in [1.807, 2.05) is 0 Å². The lowest BCUT2D eigenvalue weighted by Gasteiger charge is -2.41. The Kier molecular flexibility index (Phi) is 5.26. The Bertz CT molecular complexity index is 191. The van der Waals surface area contributed by atoms with Crippen molar-refractivity contribution in [1.82, 2.24) is 10.2 Å². The summed E-state index contributed by atoms with van der Waals surface area (Å²) < 4.78 is 0. The molecule has 0 aliphatic carbocycles. The van der Waals surface area contributed by atoms with Gasteiger partial charge in [0.15, 0.2) is 0 Å². The van der Waals surface area contributed by atoms with Crippen LogP contribution in [0, 0.1) is 11.3 Å². The Morgan fingerprint density at radius 3 is 2.25 bits per heavy atom. The largest absolute Gasteiger partial charge is 0.317 e. The van der Waals surface area contributed by atoms with E-state index in [4.69, 9.17) is 0 Å². The average Bonchev–Trinajstić information content (AvgIpc) is 2.25. The van der Waals surface area contributed by atoms with Crippen LogP contribution in [0.1, 0.15) is 47.5 Å². The van der Waals surface area contributed by atoms with Gasteiger partial charge < -0.3 is 10.2 Å². The summed E-state index contributed by atoms with van der Waals surface area (Å²) in [5, 5.41) is 3.46. The molecule has 0 radical (unpaired) electrons. The second kappa shape index (κ2) is 6.02. The summed E-state index contributed by atoms with van der Waals surface area (Å²) in [6, 6.07) is 0.718. The number of nitrogens with one attached hydrogen (secondary N) is 1. The second-order valence-electron chi connectivity index (χ2n) is 6.23. The molecule has 0 saturated carbocycles. The summed E-state index contributed by atoms with van der Waals surface area (Å²) >= 11 is 0. The van der Waals surface area contributed by atoms with Gasteiger partial charge in [-0.05, 0) is 57.3 Å². The first-order valence-electron chi connectivity index (χ1n) is 6.91. The Balaban J connectivity index is 2.34. The molecule has 0 bridgehead atoms. The summed E-state index contributed by atoms with van der Waals surface area (Å²) in [6.07, 6.45) is 2.70. The number of hydrogen-bond donors (Lipinski definition) is 1. The number of hydrogen-bond acceptors (Lipinski definition) is 2. The van der Waals surface area contributed by atoms with Crippen molar-refractivity contribution in [2.45, 2.75) is 53.5 Å². The van der Waals surface area contributed by atoms with Crippen molar-refractivity contribution >= 4 is 0 Å². The smallest absolute Gasteiger partial charge is 0.0105 e. The molecular weight excluding hydrogens is 196 g/mol. The zero-order chi connectivity index (χ0) is 12.2. The highest BCUT2D eigenvalue weighted by molar-refractivity contribution is 4.83. The summed E-state index contributed by atoms with van der Waals surface area (Å²) in [4.78, 5) is 2.67. The van der Waals surface area contributed by atoms with Crippen molar-refractivity contribution in [3.63, 3.8) is 0 Å². The molecule has 1 saturated heterocycles. The normalized spacial score (nSPS) is 25.3. The van der Waals surface area contributed by atoms with Gasteiger partial charge in [0.25, 0.3) is 0 Å². The fourth-order valence-corrected chi connectivity index (χ4v) is 2.44. The molecule has 1 aliphatic heterocycles. The summed E-state index contributed by atoms with van der Waals surface area (Å²) in [6.45, 7) is 16.5. The highest BCUT2D eigenvalue weighted by atomic mass is 15.2. The molecule has 2 heteroatoms. The van der Waals surface area contributed by atoms with Crippen LogP contribution in [0.25, 0.3) is 0 Å². The van der Waals surface area contributed by atoms with Gasteiger partial charge in [-0.15, -0.1) is 0 Å². The van der Waals surface area contributed by atoms with Crippen molar-refractivity contribution in [1.29, 1.82) is 0 Å². The van der Waals surface area contributed by atoms with Crippen LogP contribution < -0.4 is 5.32 Å².